The van der Waals surface area contributed by atoms with Crippen molar-refractivity contribution in [3.8, 4) is 0 Å². The first-order chi connectivity index (χ1) is 13.7. The smallest absolute Gasteiger partial charge is 0.274 e. The van der Waals surface area contributed by atoms with Crippen molar-refractivity contribution in [2.75, 3.05) is 17.2 Å². The maximum atomic E-state index is 12.7. The summed E-state index contributed by atoms with van der Waals surface area (Å²) in [5, 5.41) is 6.21. The van der Waals surface area contributed by atoms with E-state index in [4.69, 9.17) is 0 Å². The molecule has 2 N–H and O–H groups in total. The standard InChI is InChI=1S/C23H26N4O/c1-3-19-13-7-9-17(2)21(19)27-22(28)20-14-16-25-23(26-20)24-15-8-12-18-10-5-4-6-11-18/h4-7,9-11,13-14,16H,3,8,12,15H2,1-2H3,(H,27,28)(H,24,25,26). The molecular weight excluding hydrogens is 348 g/mol. The first kappa shape index (κ1) is 19.5. The minimum Gasteiger partial charge on any atom is -0.354 e. The Kier molecular flexibility index (Phi) is 6.73. The third-order valence-corrected chi connectivity index (χ3v) is 4.63. The molecule has 0 unspecified atom stereocenters. The monoisotopic (exact) mass is 374 g/mol. The number of rotatable bonds is 8. The summed E-state index contributed by atoms with van der Waals surface area (Å²) in [6.07, 6.45) is 4.42. The second-order valence-corrected chi connectivity index (χ2v) is 6.70. The largest absolute Gasteiger partial charge is 0.354 e. The lowest BCUT2D eigenvalue weighted by atomic mass is 10.1. The predicted octanol–water partition coefficient (Wildman–Crippen LogP) is 4.64. The van der Waals surface area contributed by atoms with Gasteiger partial charge in [-0.1, -0.05) is 55.5 Å². The number of nitrogens with one attached hydrogen (secondary N) is 2. The van der Waals surface area contributed by atoms with Gasteiger partial charge >= 0.3 is 0 Å². The van der Waals surface area contributed by atoms with Crippen LogP contribution in [-0.4, -0.2) is 22.4 Å². The molecule has 0 atom stereocenters. The van der Waals surface area contributed by atoms with Gasteiger partial charge in [-0.05, 0) is 48.9 Å². The van der Waals surface area contributed by atoms with Crippen molar-refractivity contribution < 1.29 is 4.79 Å². The Bertz CT molecular complexity index is 925. The van der Waals surface area contributed by atoms with Crippen molar-refractivity contribution in [1.29, 1.82) is 0 Å². The van der Waals surface area contributed by atoms with Crippen LogP contribution in [0, 0.1) is 6.92 Å². The second kappa shape index (κ2) is 9.65. The molecule has 0 saturated heterocycles. The number of carbonyl (C=O) groups excluding carboxylic acids is 1. The van der Waals surface area contributed by atoms with E-state index in [-0.39, 0.29) is 5.91 Å². The van der Waals surface area contributed by atoms with Crippen molar-refractivity contribution >= 4 is 17.5 Å². The van der Waals surface area contributed by atoms with Gasteiger partial charge in [-0.2, -0.15) is 0 Å². The zero-order valence-corrected chi connectivity index (χ0v) is 16.4. The van der Waals surface area contributed by atoms with E-state index in [2.05, 4.69) is 39.7 Å². The number of carbonyl (C=O) groups is 1. The molecule has 3 aromatic rings. The Hall–Kier alpha value is -3.21. The van der Waals surface area contributed by atoms with E-state index >= 15 is 0 Å². The quantitative estimate of drug-likeness (QED) is 0.564. The summed E-state index contributed by atoms with van der Waals surface area (Å²) >= 11 is 0. The zero-order valence-electron chi connectivity index (χ0n) is 16.4. The van der Waals surface area contributed by atoms with Gasteiger partial charge in [-0.25, -0.2) is 9.97 Å². The highest BCUT2D eigenvalue weighted by molar-refractivity contribution is 6.03. The van der Waals surface area contributed by atoms with Crippen molar-refractivity contribution in [2.45, 2.75) is 33.1 Å². The van der Waals surface area contributed by atoms with E-state index in [0.717, 1.165) is 42.6 Å². The molecule has 0 fully saturated rings. The maximum absolute atomic E-state index is 12.7. The molecule has 0 radical (unpaired) electrons. The molecule has 1 amide bonds. The Labute approximate surface area is 166 Å². The SMILES string of the molecule is CCc1cccc(C)c1NC(=O)c1ccnc(NCCCc2ccccc2)n1. The van der Waals surface area contributed by atoms with Crippen LogP contribution in [0.4, 0.5) is 11.6 Å². The first-order valence-electron chi connectivity index (χ1n) is 9.68. The van der Waals surface area contributed by atoms with E-state index in [1.54, 1.807) is 12.3 Å². The fraction of sp³-hybridized carbons (Fsp3) is 0.261. The normalized spacial score (nSPS) is 10.5. The number of hydrogen-bond acceptors (Lipinski definition) is 4. The van der Waals surface area contributed by atoms with Crippen LogP contribution in [0.25, 0.3) is 0 Å². The summed E-state index contributed by atoms with van der Waals surface area (Å²) in [6.45, 7) is 4.82. The Morgan fingerprint density at radius 1 is 1.04 bits per heavy atom. The Balaban J connectivity index is 1.59. The lowest BCUT2D eigenvalue weighted by Gasteiger charge is -2.13. The molecule has 0 bridgehead atoms. The van der Waals surface area contributed by atoms with Gasteiger partial charge in [0.05, 0.1) is 0 Å². The van der Waals surface area contributed by atoms with Crippen LogP contribution in [0.1, 0.15) is 40.5 Å². The van der Waals surface area contributed by atoms with E-state index in [1.807, 2.05) is 43.3 Å². The van der Waals surface area contributed by atoms with Gasteiger partial charge in [0.25, 0.3) is 5.91 Å². The molecule has 3 rings (SSSR count). The summed E-state index contributed by atoms with van der Waals surface area (Å²) in [5.74, 6) is 0.250. The maximum Gasteiger partial charge on any atom is 0.274 e. The molecule has 0 aliphatic carbocycles. The third kappa shape index (κ3) is 5.16. The van der Waals surface area contributed by atoms with E-state index in [9.17, 15) is 4.79 Å². The number of para-hydroxylation sites is 1. The van der Waals surface area contributed by atoms with Crippen molar-refractivity contribution in [2.24, 2.45) is 0 Å². The van der Waals surface area contributed by atoms with Gasteiger partial charge in [0.1, 0.15) is 5.69 Å². The number of aryl methyl sites for hydroxylation is 3. The van der Waals surface area contributed by atoms with Gasteiger partial charge in [0.15, 0.2) is 0 Å². The van der Waals surface area contributed by atoms with Crippen molar-refractivity contribution in [3.05, 3.63) is 83.2 Å². The number of nitrogens with zero attached hydrogens (tertiary/aromatic N) is 2. The molecular formula is C23H26N4O. The number of aromatic nitrogens is 2. The summed E-state index contributed by atoms with van der Waals surface area (Å²) in [4.78, 5) is 21.3. The second-order valence-electron chi connectivity index (χ2n) is 6.70. The van der Waals surface area contributed by atoms with E-state index in [0.29, 0.717) is 11.6 Å². The summed E-state index contributed by atoms with van der Waals surface area (Å²) in [7, 11) is 0. The number of hydrogen-bond donors (Lipinski definition) is 2. The van der Waals surface area contributed by atoms with Crippen LogP contribution in [0.15, 0.2) is 60.8 Å². The van der Waals surface area contributed by atoms with Crippen LogP contribution in [0.3, 0.4) is 0 Å². The van der Waals surface area contributed by atoms with E-state index in [1.165, 1.54) is 5.56 Å². The van der Waals surface area contributed by atoms with Crippen molar-refractivity contribution in [3.63, 3.8) is 0 Å². The molecule has 0 aliphatic heterocycles. The molecule has 0 saturated carbocycles. The fourth-order valence-electron chi connectivity index (χ4n) is 3.09. The lowest BCUT2D eigenvalue weighted by Crippen LogP contribution is -2.17. The highest BCUT2D eigenvalue weighted by Crippen LogP contribution is 2.21. The Morgan fingerprint density at radius 2 is 1.86 bits per heavy atom. The van der Waals surface area contributed by atoms with Crippen LogP contribution in [-0.2, 0) is 12.8 Å². The zero-order chi connectivity index (χ0) is 19.8. The summed E-state index contributed by atoms with van der Waals surface area (Å²) < 4.78 is 0. The van der Waals surface area contributed by atoms with Gasteiger partial charge in [-0.3, -0.25) is 4.79 Å². The van der Waals surface area contributed by atoms with Crippen LogP contribution in [0.2, 0.25) is 0 Å². The fourth-order valence-corrected chi connectivity index (χ4v) is 3.09. The van der Waals surface area contributed by atoms with Gasteiger partial charge in [0, 0.05) is 18.4 Å². The number of amides is 1. The topological polar surface area (TPSA) is 66.9 Å². The molecule has 1 heterocycles. The van der Waals surface area contributed by atoms with Gasteiger partial charge in [0.2, 0.25) is 5.95 Å². The minimum absolute atomic E-state index is 0.223. The van der Waals surface area contributed by atoms with Crippen LogP contribution >= 0.6 is 0 Å². The van der Waals surface area contributed by atoms with Crippen molar-refractivity contribution in [1.82, 2.24) is 9.97 Å². The van der Waals surface area contributed by atoms with Crippen LogP contribution in [0.5, 0.6) is 0 Å². The summed E-state index contributed by atoms with van der Waals surface area (Å²) in [5.41, 5.74) is 4.68. The highest BCUT2D eigenvalue weighted by atomic mass is 16.1. The number of benzene rings is 2. The Morgan fingerprint density at radius 3 is 2.64 bits per heavy atom. The molecule has 0 aliphatic rings. The van der Waals surface area contributed by atoms with E-state index < -0.39 is 0 Å². The third-order valence-electron chi connectivity index (χ3n) is 4.63. The molecule has 5 heteroatoms. The first-order valence-corrected chi connectivity index (χ1v) is 9.68. The summed E-state index contributed by atoms with van der Waals surface area (Å²) in [6, 6.07) is 18.0. The number of anilines is 2. The molecule has 0 spiro atoms. The highest BCUT2D eigenvalue weighted by Gasteiger charge is 2.12. The molecule has 5 nitrogen and oxygen atoms in total. The molecule has 1 aromatic heterocycles. The average molecular weight is 374 g/mol. The molecule has 2 aromatic carbocycles. The van der Waals surface area contributed by atoms with Gasteiger partial charge in [-0.15, -0.1) is 0 Å². The minimum atomic E-state index is -0.223. The average Bonchev–Trinajstić information content (AvgIpc) is 2.73. The van der Waals surface area contributed by atoms with Crippen LogP contribution < -0.4 is 10.6 Å². The lowest BCUT2D eigenvalue weighted by molar-refractivity contribution is 0.102. The molecule has 28 heavy (non-hydrogen) atoms. The van der Waals surface area contributed by atoms with Gasteiger partial charge < -0.3 is 10.6 Å². The predicted molar refractivity (Wildman–Crippen MR) is 114 cm³/mol. The molecule has 144 valence electrons.